The third kappa shape index (κ3) is 2.90. The van der Waals surface area contributed by atoms with Crippen LogP contribution in [0.1, 0.15) is 10.5 Å². The van der Waals surface area contributed by atoms with Gasteiger partial charge in [-0.2, -0.15) is 0 Å². The molecule has 4 nitrogen and oxygen atoms in total. The molecule has 116 valence electrons. The summed E-state index contributed by atoms with van der Waals surface area (Å²) in [7, 11) is 3.94. The maximum Gasteiger partial charge on any atom is 0.270 e. The van der Waals surface area contributed by atoms with Crippen molar-refractivity contribution in [1.29, 1.82) is 0 Å². The fourth-order valence-corrected chi connectivity index (χ4v) is 2.75. The zero-order valence-electron chi connectivity index (χ0n) is 12.9. The first-order valence-electron chi connectivity index (χ1n) is 7.45. The molecule has 0 atom stereocenters. The lowest BCUT2D eigenvalue weighted by atomic mass is 10.1. The number of aromatic nitrogens is 1. The Morgan fingerprint density at radius 1 is 1.00 bits per heavy atom. The predicted molar refractivity (Wildman–Crippen MR) is 84.2 cm³/mol. The van der Waals surface area contributed by atoms with Crippen LogP contribution in [0.15, 0.2) is 36.5 Å². The number of carbonyl (C=O) groups is 1. The van der Waals surface area contributed by atoms with Gasteiger partial charge in [-0.15, -0.1) is 0 Å². The van der Waals surface area contributed by atoms with Crippen molar-refractivity contribution in [3.05, 3.63) is 48.0 Å². The predicted octanol–water partition coefficient (Wildman–Crippen LogP) is 2.22. The molecule has 0 spiro atoms. The van der Waals surface area contributed by atoms with Gasteiger partial charge in [0.15, 0.2) is 0 Å². The van der Waals surface area contributed by atoms with Crippen LogP contribution in [-0.4, -0.2) is 53.5 Å². The summed E-state index contributed by atoms with van der Waals surface area (Å²) in [4.78, 5) is 16.8. The molecular weight excluding hydrogens is 281 g/mol. The molecule has 0 unspecified atom stereocenters. The number of nitrogens with zero attached hydrogens (tertiary/aromatic N) is 3. The molecule has 1 saturated heterocycles. The van der Waals surface area contributed by atoms with E-state index in [4.69, 9.17) is 0 Å². The van der Waals surface area contributed by atoms with Gasteiger partial charge in [-0.3, -0.25) is 4.79 Å². The third-order valence-electron chi connectivity index (χ3n) is 4.19. The van der Waals surface area contributed by atoms with Crippen molar-refractivity contribution in [3.8, 4) is 11.1 Å². The Kier molecular flexibility index (Phi) is 3.98. The number of halogens is 1. The molecule has 1 aliphatic heterocycles. The fraction of sp³-hybridized carbons (Fsp3) is 0.353. The molecule has 0 aliphatic carbocycles. The molecule has 0 saturated carbocycles. The molecule has 1 aliphatic rings. The number of hydrogen-bond acceptors (Lipinski definition) is 2. The number of aryl methyl sites for hydroxylation is 1. The summed E-state index contributed by atoms with van der Waals surface area (Å²) in [6.07, 6.45) is 1.91. The average Bonchev–Trinajstić information content (AvgIpc) is 2.90. The van der Waals surface area contributed by atoms with E-state index in [1.807, 2.05) is 28.8 Å². The molecule has 0 radical (unpaired) electrons. The molecule has 1 amide bonds. The molecule has 0 bridgehead atoms. The number of rotatable bonds is 2. The standard InChI is InChI=1S/C17H20FN3O/c1-19-7-9-21(10-8-19)17(22)16-11-14(12-20(16)2)13-3-5-15(18)6-4-13/h3-6,11-12H,7-10H2,1-2H3. The van der Waals surface area contributed by atoms with Gasteiger partial charge in [0, 0.05) is 45.0 Å². The lowest BCUT2D eigenvalue weighted by molar-refractivity contribution is 0.0654. The van der Waals surface area contributed by atoms with Gasteiger partial charge in [-0.25, -0.2) is 4.39 Å². The first-order chi connectivity index (χ1) is 10.5. The molecule has 1 fully saturated rings. The molecule has 1 aromatic heterocycles. The minimum Gasteiger partial charge on any atom is -0.346 e. The summed E-state index contributed by atoms with van der Waals surface area (Å²) in [6.45, 7) is 3.32. The van der Waals surface area contributed by atoms with Crippen LogP contribution in [0.4, 0.5) is 4.39 Å². The molecule has 2 heterocycles. The van der Waals surface area contributed by atoms with Gasteiger partial charge in [0.25, 0.3) is 5.91 Å². The third-order valence-corrected chi connectivity index (χ3v) is 4.19. The first-order valence-corrected chi connectivity index (χ1v) is 7.45. The maximum absolute atomic E-state index is 13.0. The van der Waals surface area contributed by atoms with E-state index in [2.05, 4.69) is 11.9 Å². The Hall–Kier alpha value is -2.14. The van der Waals surface area contributed by atoms with Crippen LogP contribution in [0.2, 0.25) is 0 Å². The lowest BCUT2D eigenvalue weighted by Gasteiger charge is -2.32. The van der Waals surface area contributed by atoms with E-state index in [9.17, 15) is 9.18 Å². The van der Waals surface area contributed by atoms with Crippen LogP contribution in [0, 0.1) is 5.82 Å². The Labute approximate surface area is 129 Å². The Balaban J connectivity index is 1.83. The Morgan fingerprint density at radius 3 is 2.27 bits per heavy atom. The van der Waals surface area contributed by atoms with Crippen molar-refractivity contribution in [2.75, 3.05) is 33.2 Å². The number of likely N-dealkylation sites (N-methyl/N-ethyl adjacent to an activating group) is 1. The summed E-state index contributed by atoms with van der Waals surface area (Å²) in [5, 5.41) is 0. The van der Waals surface area contributed by atoms with E-state index in [-0.39, 0.29) is 11.7 Å². The minimum atomic E-state index is -0.256. The van der Waals surface area contributed by atoms with Gasteiger partial charge in [0.05, 0.1) is 0 Å². The van der Waals surface area contributed by atoms with Gasteiger partial charge >= 0.3 is 0 Å². The van der Waals surface area contributed by atoms with Crippen LogP contribution in [0.5, 0.6) is 0 Å². The van der Waals surface area contributed by atoms with Crippen LogP contribution in [0.3, 0.4) is 0 Å². The highest BCUT2D eigenvalue weighted by molar-refractivity contribution is 5.94. The Bertz CT molecular complexity index is 670. The van der Waals surface area contributed by atoms with Gasteiger partial charge < -0.3 is 14.4 Å². The van der Waals surface area contributed by atoms with E-state index in [1.165, 1.54) is 12.1 Å². The number of amides is 1. The molecule has 2 aromatic rings. The largest absolute Gasteiger partial charge is 0.346 e. The second-order valence-corrected chi connectivity index (χ2v) is 5.83. The van der Waals surface area contributed by atoms with Crippen molar-refractivity contribution in [1.82, 2.24) is 14.4 Å². The molecule has 0 N–H and O–H groups in total. The molecule has 1 aromatic carbocycles. The second kappa shape index (κ2) is 5.93. The molecular formula is C17H20FN3O. The van der Waals surface area contributed by atoms with Crippen LogP contribution < -0.4 is 0 Å². The van der Waals surface area contributed by atoms with E-state index in [0.717, 1.165) is 37.3 Å². The zero-order chi connectivity index (χ0) is 15.7. The number of carbonyl (C=O) groups excluding carboxylic acids is 1. The highest BCUT2D eigenvalue weighted by Crippen LogP contribution is 2.23. The van der Waals surface area contributed by atoms with Crippen molar-refractivity contribution in [3.63, 3.8) is 0 Å². The summed E-state index contributed by atoms with van der Waals surface area (Å²) in [5.74, 6) is -0.197. The highest BCUT2D eigenvalue weighted by Gasteiger charge is 2.22. The van der Waals surface area contributed by atoms with E-state index in [0.29, 0.717) is 5.69 Å². The minimum absolute atomic E-state index is 0.0592. The number of hydrogen-bond donors (Lipinski definition) is 0. The summed E-state index contributed by atoms with van der Waals surface area (Å²) >= 11 is 0. The first kappa shape index (κ1) is 14.8. The normalized spacial score (nSPS) is 16.0. The average molecular weight is 301 g/mol. The van der Waals surface area contributed by atoms with Crippen molar-refractivity contribution >= 4 is 5.91 Å². The SMILES string of the molecule is CN1CCN(C(=O)c2cc(-c3ccc(F)cc3)cn2C)CC1. The van der Waals surface area contributed by atoms with E-state index < -0.39 is 0 Å². The summed E-state index contributed by atoms with van der Waals surface area (Å²) in [5.41, 5.74) is 2.51. The topological polar surface area (TPSA) is 28.5 Å². The summed E-state index contributed by atoms with van der Waals surface area (Å²) in [6, 6.07) is 8.21. The van der Waals surface area contributed by atoms with Crippen LogP contribution in [0.25, 0.3) is 11.1 Å². The maximum atomic E-state index is 13.0. The number of piperazine rings is 1. The highest BCUT2D eigenvalue weighted by atomic mass is 19.1. The molecule has 5 heteroatoms. The Morgan fingerprint density at radius 2 is 1.64 bits per heavy atom. The van der Waals surface area contributed by atoms with Gasteiger partial charge in [-0.05, 0) is 30.8 Å². The van der Waals surface area contributed by atoms with Crippen LogP contribution in [-0.2, 0) is 7.05 Å². The lowest BCUT2D eigenvalue weighted by Crippen LogP contribution is -2.47. The van der Waals surface area contributed by atoms with Crippen molar-refractivity contribution < 1.29 is 9.18 Å². The summed E-state index contributed by atoms with van der Waals surface area (Å²) < 4.78 is 14.9. The van der Waals surface area contributed by atoms with Gasteiger partial charge in [-0.1, -0.05) is 12.1 Å². The van der Waals surface area contributed by atoms with Crippen molar-refractivity contribution in [2.45, 2.75) is 0 Å². The van der Waals surface area contributed by atoms with Gasteiger partial charge in [0.2, 0.25) is 0 Å². The monoisotopic (exact) mass is 301 g/mol. The fourth-order valence-electron chi connectivity index (χ4n) is 2.75. The zero-order valence-corrected chi connectivity index (χ0v) is 12.9. The molecule has 3 rings (SSSR count). The van der Waals surface area contributed by atoms with Crippen molar-refractivity contribution in [2.24, 2.45) is 7.05 Å². The van der Waals surface area contributed by atoms with Crippen LogP contribution >= 0.6 is 0 Å². The van der Waals surface area contributed by atoms with Gasteiger partial charge in [0.1, 0.15) is 11.5 Å². The smallest absolute Gasteiger partial charge is 0.270 e. The van der Waals surface area contributed by atoms with E-state index >= 15 is 0 Å². The quantitative estimate of drug-likeness (QED) is 0.851. The number of benzene rings is 1. The second-order valence-electron chi connectivity index (χ2n) is 5.83. The van der Waals surface area contributed by atoms with E-state index in [1.54, 1.807) is 12.1 Å². The molecule has 22 heavy (non-hydrogen) atoms.